The number of carbonyl (C=O) groups excluding carboxylic acids is 1. The molecule has 0 saturated carbocycles. The van der Waals surface area contributed by atoms with Crippen molar-refractivity contribution in [3.63, 3.8) is 0 Å². The molecule has 7 nitrogen and oxygen atoms in total. The first-order valence-electron chi connectivity index (χ1n) is 5.91. The number of nitro benzene ring substituents is 1. The van der Waals surface area contributed by atoms with E-state index in [-0.39, 0.29) is 5.69 Å². The van der Waals surface area contributed by atoms with Crippen LogP contribution in [-0.4, -0.2) is 43.8 Å². The quantitative estimate of drug-likeness (QED) is 0.472. The number of hydrogen-bond donors (Lipinski definition) is 0. The van der Waals surface area contributed by atoms with E-state index in [1.54, 1.807) is 6.07 Å². The van der Waals surface area contributed by atoms with Gasteiger partial charge in [-0.05, 0) is 22.0 Å². The van der Waals surface area contributed by atoms with Crippen molar-refractivity contribution in [2.45, 2.75) is 6.10 Å². The van der Waals surface area contributed by atoms with E-state index in [9.17, 15) is 14.9 Å². The van der Waals surface area contributed by atoms with Crippen LogP contribution in [0.4, 0.5) is 11.4 Å². The third kappa shape index (κ3) is 3.07. The fourth-order valence-electron chi connectivity index (χ4n) is 2.01. The topological polar surface area (TPSA) is 81.9 Å². The number of benzene rings is 1. The minimum atomic E-state index is -0.643. The van der Waals surface area contributed by atoms with E-state index in [1.807, 2.05) is 4.90 Å². The molecule has 0 radical (unpaired) electrons. The Morgan fingerprint density at radius 3 is 2.95 bits per heavy atom. The van der Waals surface area contributed by atoms with Gasteiger partial charge in [-0.1, -0.05) is 0 Å². The molecular weight excluding hydrogens is 332 g/mol. The molecule has 1 fully saturated rings. The number of esters is 1. The second-order valence-electron chi connectivity index (χ2n) is 4.22. The van der Waals surface area contributed by atoms with Gasteiger partial charge in [-0.2, -0.15) is 0 Å². The van der Waals surface area contributed by atoms with Crippen LogP contribution in [0.15, 0.2) is 22.7 Å². The Morgan fingerprint density at radius 2 is 2.35 bits per heavy atom. The van der Waals surface area contributed by atoms with E-state index in [2.05, 4.69) is 20.7 Å². The summed E-state index contributed by atoms with van der Waals surface area (Å²) in [4.78, 5) is 23.7. The molecule has 2 rings (SSSR count). The zero-order valence-corrected chi connectivity index (χ0v) is 12.3. The highest BCUT2D eigenvalue weighted by Gasteiger charge is 2.28. The maximum atomic E-state index is 11.5. The number of nitrogens with zero attached hydrogens (tertiary/aromatic N) is 2. The van der Waals surface area contributed by atoms with Crippen LogP contribution in [-0.2, 0) is 14.3 Å². The van der Waals surface area contributed by atoms with Crippen molar-refractivity contribution in [1.29, 1.82) is 0 Å². The Bertz CT molecular complexity index is 537. The Hall–Kier alpha value is -1.67. The van der Waals surface area contributed by atoms with Crippen LogP contribution in [0.3, 0.4) is 0 Å². The first-order chi connectivity index (χ1) is 9.52. The van der Waals surface area contributed by atoms with E-state index >= 15 is 0 Å². The van der Waals surface area contributed by atoms with E-state index < -0.39 is 17.0 Å². The maximum absolute atomic E-state index is 11.5. The third-order valence-electron chi connectivity index (χ3n) is 3.01. The summed E-state index contributed by atoms with van der Waals surface area (Å²) in [7, 11) is 1.31. The fourth-order valence-corrected chi connectivity index (χ4v) is 2.63. The standard InChI is InChI=1S/C12H13BrN2O5/c1-19-12(16)11-7-14(4-5-20-11)10-3-2-8(15(17)18)6-9(10)13/h2-3,6,11H,4-5,7H2,1H3. The molecule has 1 aliphatic heterocycles. The van der Waals surface area contributed by atoms with Crippen molar-refractivity contribution in [3.8, 4) is 0 Å². The highest BCUT2D eigenvalue weighted by Crippen LogP contribution is 2.31. The van der Waals surface area contributed by atoms with Crippen LogP contribution in [0.2, 0.25) is 0 Å². The number of rotatable bonds is 3. The lowest BCUT2D eigenvalue weighted by Crippen LogP contribution is -2.46. The molecule has 1 unspecified atom stereocenters. The number of non-ortho nitro benzene ring substituents is 1. The lowest BCUT2D eigenvalue weighted by molar-refractivity contribution is -0.384. The van der Waals surface area contributed by atoms with Crippen molar-refractivity contribution in [3.05, 3.63) is 32.8 Å². The summed E-state index contributed by atoms with van der Waals surface area (Å²) in [5.74, 6) is -0.423. The molecule has 0 amide bonds. The van der Waals surface area contributed by atoms with E-state index in [0.717, 1.165) is 5.69 Å². The van der Waals surface area contributed by atoms with Crippen molar-refractivity contribution in [1.82, 2.24) is 0 Å². The minimum absolute atomic E-state index is 0.0124. The van der Waals surface area contributed by atoms with Crippen LogP contribution in [0.25, 0.3) is 0 Å². The number of carbonyl (C=O) groups is 1. The SMILES string of the molecule is COC(=O)C1CN(c2ccc([N+](=O)[O-])cc2Br)CCO1. The van der Waals surface area contributed by atoms with Crippen LogP contribution in [0.5, 0.6) is 0 Å². The van der Waals surface area contributed by atoms with Crippen molar-refractivity contribution < 1.29 is 19.2 Å². The summed E-state index contributed by atoms with van der Waals surface area (Å²) in [5, 5.41) is 10.7. The zero-order valence-electron chi connectivity index (χ0n) is 10.7. The second kappa shape index (κ2) is 6.19. The van der Waals surface area contributed by atoms with Gasteiger partial charge < -0.3 is 14.4 Å². The molecule has 1 aromatic carbocycles. The predicted octanol–water partition coefficient (Wildman–Crippen LogP) is 1.74. The molecule has 0 bridgehead atoms. The summed E-state index contributed by atoms with van der Waals surface area (Å²) in [6.45, 7) is 1.34. The molecule has 0 N–H and O–H groups in total. The lowest BCUT2D eigenvalue weighted by atomic mass is 10.2. The number of nitro groups is 1. The largest absolute Gasteiger partial charge is 0.467 e. The zero-order chi connectivity index (χ0) is 14.7. The van der Waals surface area contributed by atoms with Crippen molar-refractivity contribution in [2.75, 3.05) is 31.7 Å². The molecule has 0 aliphatic carbocycles. The average Bonchev–Trinajstić information content (AvgIpc) is 2.46. The third-order valence-corrected chi connectivity index (χ3v) is 3.65. The normalized spacial score (nSPS) is 18.7. The second-order valence-corrected chi connectivity index (χ2v) is 5.08. The molecule has 1 saturated heterocycles. The molecule has 1 heterocycles. The van der Waals surface area contributed by atoms with Crippen LogP contribution in [0, 0.1) is 10.1 Å². The van der Waals surface area contributed by atoms with Crippen LogP contribution in [0.1, 0.15) is 0 Å². The lowest BCUT2D eigenvalue weighted by Gasteiger charge is -2.33. The molecule has 0 aromatic heterocycles. The Morgan fingerprint density at radius 1 is 1.60 bits per heavy atom. The minimum Gasteiger partial charge on any atom is -0.467 e. The number of methoxy groups -OCH3 is 1. The maximum Gasteiger partial charge on any atom is 0.336 e. The fraction of sp³-hybridized carbons (Fsp3) is 0.417. The van der Waals surface area contributed by atoms with Gasteiger partial charge in [0.1, 0.15) is 0 Å². The van der Waals surface area contributed by atoms with Gasteiger partial charge in [0.25, 0.3) is 5.69 Å². The number of hydrogen-bond acceptors (Lipinski definition) is 6. The predicted molar refractivity (Wildman–Crippen MR) is 74.8 cm³/mol. The summed E-state index contributed by atoms with van der Waals surface area (Å²) >= 11 is 3.32. The molecule has 1 atom stereocenters. The number of anilines is 1. The number of morpholine rings is 1. The van der Waals surface area contributed by atoms with Crippen molar-refractivity contribution in [2.24, 2.45) is 0 Å². The van der Waals surface area contributed by atoms with E-state index in [0.29, 0.717) is 24.2 Å². The van der Waals surface area contributed by atoms with Gasteiger partial charge in [-0.3, -0.25) is 10.1 Å². The average molecular weight is 345 g/mol. The van der Waals surface area contributed by atoms with Gasteiger partial charge in [0, 0.05) is 23.2 Å². The first-order valence-corrected chi connectivity index (χ1v) is 6.70. The van der Waals surface area contributed by atoms with E-state index in [1.165, 1.54) is 19.2 Å². The van der Waals surface area contributed by atoms with Gasteiger partial charge in [-0.25, -0.2) is 4.79 Å². The molecule has 1 aliphatic rings. The summed E-state index contributed by atoms with van der Waals surface area (Å²) < 4.78 is 10.6. The van der Waals surface area contributed by atoms with Gasteiger partial charge in [0.05, 0.1) is 30.9 Å². The highest BCUT2D eigenvalue weighted by atomic mass is 79.9. The monoisotopic (exact) mass is 344 g/mol. The summed E-state index contributed by atoms with van der Waals surface area (Å²) in [6, 6.07) is 4.53. The van der Waals surface area contributed by atoms with Crippen LogP contribution < -0.4 is 4.90 Å². The van der Waals surface area contributed by atoms with Gasteiger partial charge in [0.2, 0.25) is 0 Å². The molecule has 0 spiro atoms. The Kier molecular flexibility index (Phi) is 4.56. The van der Waals surface area contributed by atoms with Crippen molar-refractivity contribution >= 4 is 33.3 Å². The molecule has 8 heteroatoms. The Labute approximate surface area is 123 Å². The smallest absolute Gasteiger partial charge is 0.336 e. The number of halogens is 1. The van der Waals surface area contributed by atoms with Gasteiger partial charge in [-0.15, -0.1) is 0 Å². The molecule has 1 aromatic rings. The summed E-state index contributed by atoms with van der Waals surface area (Å²) in [5.41, 5.74) is 0.797. The van der Waals surface area contributed by atoms with E-state index in [4.69, 9.17) is 4.74 Å². The Balaban J connectivity index is 2.19. The highest BCUT2D eigenvalue weighted by molar-refractivity contribution is 9.10. The van der Waals surface area contributed by atoms with Gasteiger partial charge >= 0.3 is 5.97 Å². The number of ether oxygens (including phenoxy) is 2. The van der Waals surface area contributed by atoms with Crippen LogP contribution >= 0.6 is 15.9 Å². The summed E-state index contributed by atoms with van der Waals surface area (Å²) in [6.07, 6.45) is -0.643. The first kappa shape index (κ1) is 14.7. The molecule has 108 valence electrons. The van der Waals surface area contributed by atoms with Gasteiger partial charge in [0.15, 0.2) is 6.10 Å². The molecule has 20 heavy (non-hydrogen) atoms. The molecular formula is C12H13BrN2O5.